The first kappa shape index (κ1) is 20.5. The van der Waals surface area contributed by atoms with Gasteiger partial charge in [-0.25, -0.2) is 4.79 Å². The van der Waals surface area contributed by atoms with Gasteiger partial charge in [-0.3, -0.25) is 0 Å². The lowest BCUT2D eigenvalue weighted by Gasteiger charge is -2.16. The Kier molecular flexibility index (Phi) is 6.62. The van der Waals surface area contributed by atoms with E-state index >= 15 is 0 Å². The predicted molar refractivity (Wildman–Crippen MR) is 93.5 cm³/mol. The number of ether oxygens (including phenoxy) is 3. The van der Waals surface area contributed by atoms with Crippen LogP contribution in [0.2, 0.25) is 0 Å². The van der Waals surface area contributed by atoms with Crippen LogP contribution in [0.4, 0.5) is 13.2 Å². The number of carboxylic acid groups (broad SMARTS) is 1. The number of benzene rings is 2. The van der Waals surface area contributed by atoms with Crippen molar-refractivity contribution in [1.29, 1.82) is 0 Å². The maximum absolute atomic E-state index is 12.9. The summed E-state index contributed by atoms with van der Waals surface area (Å²) in [5.41, 5.74) is -0.0137. The van der Waals surface area contributed by atoms with Gasteiger partial charge in [0.15, 0.2) is 17.3 Å². The third-order valence-electron chi connectivity index (χ3n) is 3.23. The zero-order valence-electron chi connectivity index (χ0n) is 14.2. The lowest BCUT2D eigenvalue weighted by Crippen LogP contribution is -2.15. The van der Waals surface area contributed by atoms with E-state index in [-0.39, 0.29) is 5.56 Å². The molecule has 0 spiro atoms. The molecule has 0 amide bonds. The number of alkyl halides is 3. The van der Waals surface area contributed by atoms with Crippen molar-refractivity contribution >= 4 is 23.5 Å². The van der Waals surface area contributed by atoms with Crippen LogP contribution in [0.3, 0.4) is 0 Å². The van der Waals surface area contributed by atoms with Crippen molar-refractivity contribution in [2.24, 2.45) is 0 Å². The molecule has 2 rings (SSSR count). The van der Waals surface area contributed by atoms with Gasteiger partial charge in [0, 0.05) is 10.5 Å². The molecule has 0 aliphatic carbocycles. The molecule has 144 valence electrons. The van der Waals surface area contributed by atoms with E-state index in [9.17, 15) is 23.1 Å². The van der Waals surface area contributed by atoms with Gasteiger partial charge in [-0.2, -0.15) is 0 Å². The monoisotopic (exact) mass is 400 g/mol. The molecule has 0 saturated carbocycles. The van der Waals surface area contributed by atoms with E-state index in [4.69, 9.17) is 9.47 Å². The standard InChI is InChI=1S/C18H15F3O5S/c1-24-13-9-8-12(10-14(13)25-2)27-16(17(22)23)15(26-18(19,20)21)11-6-4-3-5-7-11/h3-10H,1-2H3,(H,22,23)/b16-15+. The lowest BCUT2D eigenvalue weighted by molar-refractivity contribution is -0.290. The summed E-state index contributed by atoms with van der Waals surface area (Å²) in [5, 5.41) is 9.51. The molecule has 2 aromatic carbocycles. The summed E-state index contributed by atoms with van der Waals surface area (Å²) in [6.45, 7) is 0. The molecule has 0 radical (unpaired) electrons. The topological polar surface area (TPSA) is 65.0 Å². The van der Waals surface area contributed by atoms with Gasteiger partial charge in [0.05, 0.1) is 14.2 Å². The summed E-state index contributed by atoms with van der Waals surface area (Å²) in [4.78, 5) is 11.4. The molecular formula is C18H15F3O5S. The van der Waals surface area contributed by atoms with Crippen molar-refractivity contribution in [2.45, 2.75) is 11.3 Å². The highest BCUT2D eigenvalue weighted by Gasteiger charge is 2.35. The highest BCUT2D eigenvalue weighted by atomic mass is 32.2. The van der Waals surface area contributed by atoms with Crippen LogP contribution in [-0.4, -0.2) is 31.7 Å². The summed E-state index contributed by atoms with van der Waals surface area (Å²) in [6, 6.07) is 11.7. The highest BCUT2D eigenvalue weighted by Crippen LogP contribution is 2.39. The third kappa shape index (κ3) is 5.58. The highest BCUT2D eigenvalue weighted by molar-refractivity contribution is 8.04. The number of thioether (sulfide) groups is 1. The van der Waals surface area contributed by atoms with Crippen molar-refractivity contribution in [3.8, 4) is 11.5 Å². The Morgan fingerprint density at radius 3 is 2.15 bits per heavy atom. The Morgan fingerprint density at radius 1 is 1.00 bits per heavy atom. The van der Waals surface area contributed by atoms with E-state index in [0.717, 1.165) is 0 Å². The molecule has 0 atom stereocenters. The summed E-state index contributed by atoms with van der Waals surface area (Å²) >= 11 is 0.609. The number of aliphatic carboxylic acids is 1. The number of halogens is 3. The van der Waals surface area contributed by atoms with Crippen molar-refractivity contribution < 1.29 is 37.3 Å². The Balaban J connectivity index is 2.55. The Labute approximate surface area is 157 Å². The SMILES string of the molecule is COc1ccc(S/C(C(=O)O)=C(/OC(F)(F)F)c2ccccc2)cc1OC. The molecule has 0 bridgehead atoms. The zero-order chi connectivity index (χ0) is 20.0. The minimum absolute atomic E-state index is 0.0137. The van der Waals surface area contributed by atoms with Crippen LogP contribution in [0.15, 0.2) is 58.3 Å². The van der Waals surface area contributed by atoms with Crippen LogP contribution in [0.1, 0.15) is 5.56 Å². The predicted octanol–water partition coefficient (Wildman–Crippen LogP) is 4.79. The third-order valence-corrected chi connectivity index (χ3v) is 4.28. The van der Waals surface area contributed by atoms with Gasteiger partial charge in [0.1, 0.15) is 4.91 Å². The molecule has 27 heavy (non-hydrogen) atoms. The Bertz CT molecular complexity index is 835. The van der Waals surface area contributed by atoms with Crippen molar-refractivity contribution in [3.05, 3.63) is 59.0 Å². The lowest BCUT2D eigenvalue weighted by atomic mass is 10.2. The summed E-state index contributed by atoms with van der Waals surface area (Å²) in [6.07, 6.45) is -5.05. The maximum atomic E-state index is 12.9. The molecule has 0 unspecified atom stereocenters. The quantitative estimate of drug-likeness (QED) is 0.410. The largest absolute Gasteiger partial charge is 0.573 e. The summed E-state index contributed by atoms with van der Waals surface area (Å²) < 4.78 is 52.9. The molecule has 0 aromatic heterocycles. The Hall–Kier alpha value is -2.81. The van der Waals surface area contributed by atoms with E-state index in [2.05, 4.69) is 4.74 Å². The van der Waals surface area contributed by atoms with Gasteiger partial charge in [-0.1, -0.05) is 42.1 Å². The second-order valence-electron chi connectivity index (χ2n) is 5.00. The van der Waals surface area contributed by atoms with Gasteiger partial charge < -0.3 is 19.3 Å². The molecule has 1 N–H and O–H groups in total. The fourth-order valence-corrected chi connectivity index (χ4v) is 3.00. The van der Waals surface area contributed by atoms with Gasteiger partial charge in [0.25, 0.3) is 0 Å². The smallest absolute Gasteiger partial charge is 0.493 e. The molecule has 0 saturated heterocycles. The van der Waals surface area contributed by atoms with Crippen LogP contribution >= 0.6 is 11.8 Å². The average molecular weight is 400 g/mol. The number of hydrogen-bond acceptors (Lipinski definition) is 5. The van der Waals surface area contributed by atoms with Gasteiger partial charge >= 0.3 is 12.3 Å². The van der Waals surface area contributed by atoms with E-state index in [1.165, 1.54) is 56.7 Å². The van der Waals surface area contributed by atoms with Gasteiger partial charge in [-0.05, 0) is 18.2 Å². The normalized spacial score (nSPS) is 12.2. The van der Waals surface area contributed by atoms with Crippen LogP contribution in [0.5, 0.6) is 11.5 Å². The van der Waals surface area contributed by atoms with E-state index in [1.54, 1.807) is 6.07 Å². The second-order valence-corrected chi connectivity index (χ2v) is 6.08. The molecule has 0 heterocycles. The zero-order valence-corrected chi connectivity index (χ0v) is 15.1. The molecule has 0 fully saturated rings. The first-order valence-electron chi connectivity index (χ1n) is 7.43. The number of hydrogen-bond donors (Lipinski definition) is 1. The molecule has 2 aromatic rings. The first-order chi connectivity index (χ1) is 12.7. The number of carbonyl (C=O) groups is 1. The van der Waals surface area contributed by atoms with Gasteiger partial charge in [-0.15, -0.1) is 13.2 Å². The van der Waals surface area contributed by atoms with Crippen molar-refractivity contribution in [3.63, 3.8) is 0 Å². The maximum Gasteiger partial charge on any atom is 0.573 e. The molecule has 5 nitrogen and oxygen atoms in total. The average Bonchev–Trinajstić information content (AvgIpc) is 2.64. The van der Waals surface area contributed by atoms with Crippen molar-refractivity contribution in [2.75, 3.05) is 14.2 Å². The van der Waals surface area contributed by atoms with Crippen molar-refractivity contribution in [1.82, 2.24) is 0 Å². The molecular weight excluding hydrogens is 385 g/mol. The minimum atomic E-state index is -5.05. The Morgan fingerprint density at radius 2 is 1.63 bits per heavy atom. The second kappa shape index (κ2) is 8.72. The van der Waals surface area contributed by atoms with Crippen LogP contribution in [0.25, 0.3) is 5.76 Å². The molecule has 0 aliphatic heterocycles. The van der Waals surface area contributed by atoms with Crippen LogP contribution < -0.4 is 9.47 Å². The van der Waals surface area contributed by atoms with Gasteiger partial charge in [0.2, 0.25) is 0 Å². The number of rotatable bonds is 7. The number of methoxy groups -OCH3 is 2. The summed E-state index contributed by atoms with van der Waals surface area (Å²) in [5.74, 6) is -1.64. The van der Waals surface area contributed by atoms with E-state index in [0.29, 0.717) is 28.2 Å². The van der Waals surface area contributed by atoms with Crippen LogP contribution in [-0.2, 0) is 9.53 Å². The number of carboxylic acids is 1. The fraction of sp³-hybridized carbons (Fsp3) is 0.167. The minimum Gasteiger partial charge on any atom is -0.493 e. The van der Waals surface area contributed by atoms with E-state index in [1.807, 2.05) is 0 Å². The molecule has 9 heteroatoms. The summed E-state index contributed by atoms with van der Waals surface area (Å²) in [7, 11) is 2.82. The fourth-order valence-electron chi connectivity index (χ4n) is 2.13. The molecule has 0 aliphatic rings. The first-order valence-corrected chi connectivity index (χ1v) is 8.25. The van der Waals surface area contributed by atoms with Crippen LogP contribution in [0, 0.1) is 0 Å². The van der Waals surface area contributed by atoms with E-state index < -0.39 is 23.0 Å².